The average molecular weight is 403 g/mol. The van der Waals surface area contributed by atoms with Crippen molar-refractivity contribution < 1.29 is 9.47 Å². The van der Waals surface area contributed by atoms with E-state index >= 15 is 0 Å². The van der Waals surface area contributed by atoms with Gasteiger partial charge < -0.3 is 0 Å². The molecule has 0 aromatic heterocycles. The van der Waals surface area contributed by atoms with Crippen molar-refractivity contribution in [2.24, 2.45) is 0 Å². The Bertz CT molecular complexity index is 458. The van der Waals surface area contributed by atoms with E-state index in [0.29, 0.717) is 13.2 Å². The third kappa shape index (κ3) is 6.95. The maximum atomic E-state index is 6.05. The molecule has 2 nitrogen and oxygen atoms in total. The van der Waals surface area contributed by atoms with E-state index < -0.39 is 21.1 Å². The van der Waals surface area contributed by atoms with Crippen molar-refractivity contribution in [1.29, 1.82) is 0 Å². The Labute approximate surface area is 144 Å². The van der Waals surface area contributed by atoms with Crippen LogP contribution < -0.4 is 0 Å². The number of hydrogen-bond acceptors (Lipinski definition) is 2. The summed E-state index contributed by atoms with van der Waals surface area (Å²) in [7, 11) is 0. The van der Waals surface area contributed by atoms with Gasteiger partial charge in [-0.2, -0.15) is 0 Å². The fraction of sp³-hybridized carbons (Fsp3) is 0.368. The summed E-state index contributed by atoms with van der Waals surface area (Å²) in [5.74, 6) is 0. The third-order valence-electron chi connectivity index (χ3n) is 3.33. The van der Waals surface area contributed by atoms with Gasteiger partial charge in [-0.3, -0.25) is 0 Å². The van der Waals surface area contributed by atoms with Gasteiger partial charge in [0.2, 0.25) is 0 Å². The molecular weight excluding hydrogens is 379 g/mol. The molecule has 0 bridgehead atoms. The molecule has 0 amide bonds. The molecule has 0 atom stereocenters. The van der Waals surface area contributed by atoms with E-state index in [2.05, 4.69) is 55.5 Å². The van der Waals surface area contributed by atoms with Crippen LogP contribution in [0.3, 0.4) is 0 Å². The van der Waals surface area contributed by atoms with Crippen LogP contribution in [0.5, 0.6) is 0 Å². The van der Waals surface area contributed by atoms with Gasteiger partial charge in [0.25, 0.3) is 0 Å². The molecule has 3 heteroatoms. The Morgan fingerprint density at radius 2 is 1.32 bits per heavy atom. The molecule has 0 saturated carbocycles. The van der Waals surface area contributed by atoms with Crippen LogP contribution in [0.4, 0.5) is 0 Å². The molecule has 0 saturated heterocycles. The summed E-state index contributed by atoms with van der Waals surface area (Å²) in [5.41, 5.74) is 2.43. The van der Waals surface area contributed by atoms with E-state index in [1.807, 2.05) is 12.1 Å². The number of unbranched alkanes of at least 4 members (excludes halogenated alkanes) is 1. The molecule has 116 valence electrons. The van der Waals surface area contributed by atoms with Crippen molar-refractivity contribution in [1.82, 2.24) is 0 Å². The van der Waals surface area contributed by atoms with Crippen LogP contribution in [0, 0.1) is 0 Å². The van der Waals surface area contributed by atoms with Gasteiger partial charge in [0, 0.05) is 0 Å². The molecule has 22 heavy (non-hydrogen) atoms. The summed E-state index contributed by atoms with van der Waals surface area (Å²) >= 11 is -0.656. The van der Waals surface area contributed by atoms with E-state index in [0.717, 1.165) is 0 Å². The second-order valence-corrected chi connectivity index (χ2v) is 9.17. The van der Waals surface area contributed by atoms with Gasteiger partial charge in [0.1, 0.15) is 0 Å². The first-order valence-electron chi connectivity index (χ1n) is 7.93. The molecule has 0 aliphatic carbocycles. The predicted octanol–water partition coefficient (Wildman–Crippen LogP) is 4.63. The molecule has 2 aromatic carbocycles. The Morgan fingerprint density at radius 1 is 0.818 bits per heavy atom. The van der Waals surface area contributed by atoms with E-state index in [-0.39, 0.29) is 4.31 Å². The Balaban J connectivity index is 1.82. The van der Waals surface area contributed by atoms with Crippen LogP contribution in [0.15, 0.2) is 60.7 Å². The molecule has 2 radical (unpaired) electrons. The first kappa shape index (κ1) is 17.5. The van der Waals surface area contributed by atoms with Crippen LogP contribution in [-0.4, -0.2) is 25.4 Å². The monoisotopic (exact) mass is 404 g/mol. The number of benzene rings is 2. The zero-order valence-corrected chi connectivity index (χ0v) is 16.1. The van der Waals surface area contributed by atoms with Gasteiger partial charge in [-0.25, -0.2) is 0 Å². The molecule has 0 spiro atoms. The van der Waals surface area contributed by atoms with Crippen molar-refractivity contribution in [2.45, 2.75) is 41.7 Å². The first-order chi connectivity index (χ1) is 10.9. The molecule has 0 aliphatic rings. The van der Waals surface area contributed by atoms with Crippen LogP contribution in [-0.2, 0) is 22.7 Å². The van der Waals surface area contributed by atoms with Crippen molar-refractivity contribution in [3.63, 3.8) is 0 Å². The molecule has 2 rings (SSSR count). The van der Waals surface area contributed by atoms with E-state index in [4.69, 9.17) is 9.47 Å². The quantitative estimate of drug-likeness (QED) is 0.327. The summed E-state index contributed by atoms with van der Waals surface area (Å²) in [6, 6.07) is 20.7. The minimum atomic E-state index is -0.656. The van der Waals surface area contributed by atoms with Crippen molar-refractivity contribution >= 4 is 21.1 Å². The average Bonchev–Trinajstić information content (AvgIpc) is 2.59. The molecule has 0 N–H and O–H groups in total. The van der Waals surface area contributed by atoms with E-state index in [1.165, 1.54) is 28.4 Å². The van der Waals surface area contributed by atoms with Crippen LogP contribution in [0.1, 0.15) is 30.9 Å². The van der Waals surface area contributed by atoms with Crippen LogP contribution in [0.25, 0.3) is 0 Å². The summed E-state index contributed by atoms with van der Waals surface area (Å²) in [4.78, 5) is 0. The standard InChI is InChI=1S/C15H15O2.C4H9.Sn/c1-3-7-14(8-4-1)11-16-13-17-12-15-9-5-2-6-10-15;1-3-4-2;/h1-10,13H,11-12H2;1,3-4H2,2H3;. The number of rotatable bonds is 10. The van der Waals surface area contributed by atoms with E-state index in [9.17, 15) is 0 Å². The summed E-state index contributed by atoms with van der Waals surface area (Å²) in [5, 5.41) is 0. The second kappa shape index (κ2) is 10.8. The van der Waals surface area contributed by atoms with Crippen LogP contribution in [0.2, 0.25) is 4.44 Å². The topological polar surface area (TPSA) is 18.5 Å². The van der Waals surface area contributed by atoms with Gasteiger partial charge >= 0.3 is 144 Å². The molecule has 0 unspecified atom stereocenters. The zero-order valence-electron chi connectivity index (χ0n) is 13.2. The third-order valence-corrected chi connectivity index (χ3v) is 7.07. The maximum absolute atomic E-state index is 6.05. The minimum absolute atomic E-state index is 0.0376. The summed E-state index contributed by atoms with van der Waals surface area (Å²) in [6.07, 6.45) is 2.55. The molecule has 0 heterocycles. The van der Waals surface area contributed by atoms with E-state index in [1.54, 1.807) is 0 Å². The van der Waals surface area contributed by atoms with Crippen molar-refractivity contribution in [2.75, 3.05) is 0 Å². The number of hydrogen-bond donors (Lipinski definition) is 0. The van der Waals surface area contributed by atoms with Gasteiger partial charge in [0.15, 0.2) is 0 Å². The fourth-order valence-electron chi connectivity index (χ4n) is 2.05. The van der Waals surface area contributed by atoms with Crippen LogP contribution >= 0.6 is 0 Å². The molecule has 0 aliphatic heterocycles. The van der Waals surface area contributed by atoms with Gasteiger partial charge in [-0.1, -0.05) is 0 Å². The predicted molar refractivity (Wildman–Crippen MR) is 91.7 cm³/mol. The zero-order chi connectivity index (χ0) is 15.5. The number of ether oxygens (including phenoxy) is 2. The normalized spacial score (nSPS) is 11.0. The Morgan fingerprint density at radius 3 is 1.77 bits per heavy atom. The molecule has 2 aromatic rings. The summed E-state index contributed by atoms with van der Waals surface area (Å²) in [6.45, 7) is 3.53. The SMILES string of the molecule is CCC[CH2][Sn][CH](OCc1ccccc1)OCc1ccccc1. The Kier molecular flexibility index (Phi) is 8.61. The molecule has 0 fully saturated rings. The Hall–Kier alpha value is -0.841. The molecular formula is C19H24O2Sn. The van der Waals surface area contributed by atoms with Gasteiger partial charge in [0.05, 0.1) is 0 Å². The van der Waals surface area contributed by atoms with Gasteiger partial charge in [-0.15, -0.1) is 0 Å². The summed E-state index contributed by atoms with van der Waals surface area (Å²) < 4.78 is 13.5. The second-order valence-electron chi connectivity index (χ2n) is 5.23. The van der Waals surface area contributed by atoms with Crippen molar-refractivity contribution in [3.8, 4) is 0 Å². The van der Waals surface area contributed by atoms with Gasteiger partial charge in [-0.05, 0) is 0 Å². The fourth-order valence-corrected chi connectivity index (χ4v) is 5.47. The first-order valence-corrected chi connectivity index (χ1v) is 11.6. The van der Waals surface area contributed by atoms with Crippen molar-refractivity contribution in [3.05, 3.63) is 71.8 Å².